The summed E-state index contributed by atoms with van der Waals surface area (Å²) in [6.07, 6.45) is -0.0941. The Morgan fingerprint density at radius 3 is 2.35 bits per heavy atom. The van der Waals surface area contributed by atoms with Crippen LogP contribution >= 0.6 is 23.4 Å². The summed E-state index contributed by atoms with van der Waals surface area (Å²) in [7, 11) is 1.27. The number of benzene rings is 2. The zero-order chi connectivity index (χ0) is 18.9. The molecule has 1 amide bonds. The Labute approximate surface area is 161 Å². The van der Waals surface area contributed by atoms with Gasteiger partial charge in [-0.1, -0.05) is 41.9 Å². The summed E-state index contributed by atoms with van der Waals surface area (Å²) in [6.45, 7) is 0. The van der Waals surface area contributed by atoms with E-state index in [0.29, 0.717) is 16.3 Å². The maximum absolute atomic E-state index is 12.6. The van der Waals surface area contributed by atoms with Crippen molar-refractivity contribution in [2.45, 2.75) is 11.7 Å². The smallest absolute Gasteiger partial charge is 0.307 e. The predicted molar refractivity (Wildman–Crippen MR) is 104 cm³/mol. The minimum Gasteiger partial charge on any atom is -0.469 e. The highest BCUT2D eigenvalue weighted by Gasteiger charge is 2.25. The van der Waals surface area contributed by atoms with Crippen LogP contribution in [0, 0.1) is 0 Å². The van der Waals surface area contributed by atoms with Crippen molar-refractivity contribution in [3.63, 3.8) is 0 Å². The second kappa shape index (κ2) is 9.99. The normalized spacial score (nSPS) is 11.5. The molecule has 0 aliphatic heterocycles. The number of nitrogens with one attached hydrogen (secondary N) is 1. The van der Waals surface area contributed by atoms with Crippen molar-refractivity contribution in [3.8, 4) is 0 Å². The van der Waals surface area contributed by atoms with Gasteiger partial charge in [0.1, 0.15) is 0 Å². The Kier molecular flexibility index (Phi) is 7.69. The van der Waals surface area contributed by atoms with Crippen molar-refractivity contribution in [1.82, 2.24) is 0 Å². The van der Waals surface area contributed by atoms with Gasteiger partial charge in [-0.15, -0.1) is 11.8 Å². The van der Waals surface area contributed by atoms with Crippen LogP contribution in [0.5, 0.6) is 0 Å². The molecule has 1 unspecified atom stereocenters. The molecule has 1 atom stereocenters. The molecular weight excluding hydrogens is 374 g/mol. The number of esters is 1. The van der Waals surface area contributed by atoms with Crippen LogP contribution in [0.25, 0.3) is 0 Å². The third-order valence-corrected chi connectivity index (χ3v) is 4.94. The van der Waals surface area contributed by atoms with Gasteiger partial charge in [0.2, 0.25) is 5.91 Å². The van der Waals surface area contributed by atoms with Crippen LogP contribution < -0.4 is 5.32 Å². The molecule has 5 nitrogen and oxygen atoms in total. The number of hydrogen-bond acceptors (Lipinski definition) is 5. The lowest BCUT2D eigenvalue weighted by Gasteiger charge is -2.14. The molecule has 0 aliphatic carbocycles. The Hall–Kier alpha value is -2.31. The van der Waals surface area contributed by atoms with Gasteiger partial charge < -0.3 is 10.1 Å². The van der Waals surface area contributed by atoms with Gasteiger partial charge in [-0.2, -0.15) is 0 Å². The third-order valence-electron chi connectivity index (χ3n) is 3.47. The number of anilines is 1. The molecule has 0 fully saturated rings. The van der Waals surface area contributed by atoms with Crippen LogP contribution in [0.1, 0.15) is 16.8 Å². The van der Waals surface area contributed by atoms with Crippen LogP contribution in [0.3, 0.4) is 0 Å². The SMILES string of the molecule is COC(=O)CC(SCC(=O)Nc1ccc(Cl)cc1)C(=O)c1ccccc1. The first-order valence-electron chi connectivity index (χ1n) is 7.82. The van der Waals surface area contributed by atoms with Crippen molar-refractivity contribution < 1.29 is 19.1 Å². The molecule has 0 spiro atoms. The highest BCUT2D eigenvalue weighted by Crippen LogP contribution is 2.21. The number of carbonyl (C=O) groups is 3. The molecule has 1 N–H and O–H groups in total. The Balaban J connectivity index is 1.99. The monoisotopic (exact) mass is 391 g/mol. The molecule has 2 rings (SSSR count). The van der Waals surface area contributed by atoms with Gasteiger partial charge in [-0.05, 0) is 24.3 Å². The van der Waals surface area contributed by atoms with Gasteiger partial charge in [-0.25, -0.2) is 0 Å². The number of ether oxygens (including phenoxy) is 1. The van der Waals surface area contributed by atoms with Crippen molar-refractivity contribution >= 4 is 46.7 Å². The van der Waals surface area contributed by atoms with E-state index in [4.69, 9.17) is 11.6 Å². The standard InChI is InChI=1S/C19H18ClNO4S/c1-25-18(23)11-16(19(24)13-5-3-2-4-6-13)26-12-17(22)21-15-9-7-14(20)8-10-15/h2-10,16H,11-12H2,1H3,(H,21,22). The fraction of sp³-hybridized carbons (Fsp3) is 0.211. The van der Waals surface area contributed by atoms with Crippen LogP contribution in [-0.4, -0.2) is 35.8 Å². The van der Waals surface area contributed by atoms with Crippen LogP contribution in [0.15, 0.2) is 54.6 Å². The molecule has 26 heavy (non-hydrogen) atoms. The van der Waals surface area contributed by atoms with Crippen LogP contribution in [0.4, 0.5) is 5.69 Å². The molecule has 0 radical (unpaired) electrons. The molecule has 0 saturated carbocycles. The molecule has 0 aromatic heterocycles. The van der Waals surface area contributed by atoms with Gasteiger partial charge in [0.25, 0.3) is 0 Å². The average molecular weight is 392 g/mol. The van der Waals surface area contributed by atoms with Crippen LogP contribution in [-0.2, 0) is 14.3 Å². The predicted octanol–water partition coefficient (Wildman–Crippen LogP) is 3.83. The number of rotatable bonds is 8. The third kappa shape index (κ3) is 6.20. The van der Waals surface area contributed by atoms with Crippen molar-refractivity contribution in [1.29, 1.82) is 0 Å². The van der Waals surface area contributed by atoms with E-state index in [-0.39, 0.29) is 23.9 Å². The maximum atomic E-state index is 12.6. The average Bonchev–Trinajstić information content (AvgIpc) is 2.66. The van der Waals surface area contributed by atoms with E-state index in [0.717, 1.165) is 11.8 Å². The number of amides is 1. The Bertz CT molecular complexity index is 765. The van der Waals surface area contributed by atoms with E-state index in [2.05, 4.69) is 10.1 Å². The van der Waals surface area contributed by atoms with Gasteiger partial charge in [0.15, 0.2) is 5.78 Å². The van der Waals surface area contributed by atoms with Crippen molar-refractivity contribution in [2.24, 2.45) is 0 Å². The zero-order valence-corrected chi connectivity index (χ0v) is 15.7. The fourth-order valence-corrected chi connectivity index (χ4v) is 3.25. The summed E-state index contributed by atoms with van der Waals surface area (Å²) in [5.74, 6) is -0.943. The number of methoxy groups -OCH3 is 1. The number of thioether (sulfide) groups is 1. The molecule has 2 aromatic rings. The van der Waals surface area contributed by atoms with E-state index in [1.54, 1.807) is 54.6 Å². The first-order chi connectivity index (χ1) is 12.5. The number of halogens is 1. The van der Waals surface area contributed by atoms with Crippen molar-refractivity contribution in [3.05, 3.63) is 65.2 Å². The summed E-state index contributed by atoms with van der Waals surface area (Å²) in [5.41, 5.74) is 1.10. The summed E-state index contributed by atoms with van der Waals surface area (Å²) < 4.78 is 4.66. The second-order valence-electron chi connectivity index (χ2n) is 5.37. The fourth-order valence-electron chi connectivity index (χ4n) is 2.16. The maximum Gasteiger partial charge on any atom is 0.307 e. The lowest BCUT2D eigenvalue weighted by Crippen LogP contribution is -2.25. The van der Waals surface area contributed by atoms with Gasteiger partial charge in [0.05, 0.1) is 24.5 Å². The van der Waals surface area contributed by atoms with Gasteiger partial charge >= 0.3 is 5.97 Å². The lowest BCUT2D eigenvalue weighted by molar-refractivity contribution is -0.140. The number of carbonyl (C=O) groups excluding carboxylic acids is 3. The molecule has 7 heteroatoms. The van der Waals surface area contributed by atoms with Gasteiger partial charge in [-0.3, -0.25) is 14.4 Å². The van der Waals surface area contributed by atoms with Crippen molar-refractivity contribution in [2.75, 3.05) is 18.2 Å². The summed E-state index contributed by atoms with van der Waals surface area (Å²) in [5, 5.41) is 2.60. The largest absolute Gasteiger partial charge is 0.469 e. The number of hydrogen-bond donors (Lipinski definition) is 1. The van der Waals surface area contributed by atoms with E-state index in [9.17, 15) is 14.4 Å². The topological polar surface area (TPSA) is 72.5 Å². The molecule has 0 saturated heterocycles. The highest BCUT2D eigenvalue weighted by atomic mass is 35.5. The van der Waals surface area contributed by atoms with E-state index >= 15 is 0 Å². The highest BCUT2D eigenvalue weighted by molar-refractivity contribution is 8.01. The molecule has 0 bridgehead atoms. The lowest BCUT2D eigenvalue weighted by atomic mass is 10.1. The van der Waals surface area contributed by atoms with E-state index in [1.807, 2.05) is 0 Å². The van der Waals surface area contributed by atoms with E-state index < -0.39 is 11.2 Å². The zero-order valence-electron chi connectivity index (χ0n) is 14.1. The first-order valence-corrected chi connectivity index (χ1v) is 9.25. The Morgan fingerprint density at radius 1 is 1.08 bits per heavy atom. The summed E-state index contributed by atoms with van der Waals surface area (Å²) in [6, 6.07) is 15.4. The quantitative estimate of drug-likeness (QED) is 0.547. The summed E-state index contributed by atoms with van der Waals surface area (Å²) in [4.78, 5) is 36.4. The number of ketones is 1. The molecule has 0 aliphatic rings. The first kappa shape index (κ1) is 20.0. The van der Waals surface area contributed by atoms with E-state index in [1.165, 1.54) is 7.11 Å². The number of Topliss-reactive ketones (excluding diaryl/α,β-unsaturated/α-hetero) is 1. The molecule has 0 heterocycles. The minimum atomic E-state index is -0.694. The van der Waals surface area contributed by atoms with Gasteiger partial charge in [0, 0.05) is 16.3 Å². The van der Waals surface area contributed by atoms with Crippen LogP contribution in [0.2, 0.25) is 5.02 Å². The molecular formula is C19H18ClNO4S. The molecule has 136 valence electrons. The summed E-state index contributed by atoms with van der Waals surface area (Å²) >= 11 is 6.92. The molecule has 2 aromatic carbocycles. The minimum absolute atomic E-state index is 0.0306. The second-order valence-corrected chi connectivity index (χ2v) is 6.99. The Morgan fingerprint density at radius 2 is 1.73 bits per heavy atom.